The Bertz CT molecular complexity index is 1170. The number of aromatic carboxylic acids is 1. The van der Waals surface area contributed by atoms with Crippen molar-refractivity contribution >= 4 is 39.5 Å². The van der Waals surface area contributed by atoms with E-state index in [-0.39, 0.29) is 28.5 Å². The van der Waals surface area contributed by atoms with Crippen molar-refractivity contribution in [1.82, 2.24) is 23.7 Å². The molecule has 3 aromatic heterocycles. The van der Waals surface area contributed by atoms with E-state index in [1.807, 2.05) is 0 Å². The molecule has 0 saturated heterocycles. The lowest BCUT2D eigenvalue weighted by molar-refractivity contribution is -0.116. The molecule has 11 nitrogen and oxygen atoms in total. The molecule has 0 aliphatic heterocycles. The number of aryl methyl sites for hydroxylation is 2. The zero-order chi connectivity index (χ0) is 19.2. The first-order valence-corrected chi connectivity index (χ1v) is 8.13. The number of hydrogen-bond donors (Lipinski definition) is 2. The Kier molecular flexibility index (Phi) is 4.20. The molecule has 0 bridgehead atoms. The summed E-state index contributed by atoms with van der Waals surface area (Å²) in [7, 11) is 2.82. The summed E-state index contributed by atoms with van der Waals surface area (Å²) in [5.41, 5.74) is -0.916. The SMILES string of the molecule is Cc1sc(NC(=O)Cn2cnc3c2c(=O)n(C)c(=O)n3C)nc1C(=O)O. The van der Waals surface area contributed by atoms with Gasteiger partial charge in [0.25, 0.3) is 5.56 Å². The number of thiazole rings is 1. The molecule has 26 heavy (non-hydrogen) atoms. The summed E-state index contributed by atoms with van der Waals surface area (Å²) in [6.07, 6.45) is 1.29. The molecule has 0 aliphatic rings. The van der Waals surface area contributed by atoms with Crippen LogP contribution in [0.2, 0.25) is 0 Å². The molecule has 0 fully saturated rings. The zero-order valence-electron chi connectivity index (χ0n) is 14.0. The molecule has 3 aromatic rings. The first-order chi connectivity index (χ1) is 12.2. The zero-order valence-corrected chi connectivity index (χ0v) is 14.8. The number of rotatable bonds is 4. The van der Waals surface area contributed by atoms with Crippen molar-refractivity contribution in [2.45, 2.75) is 13.5 Å². The summed E-state index contributed by atoms with van der Waals surface area (Å²) in [6.45, 7) is 1.34. The first kappa shape index (κ1) is 17.5. The lowest BCUT2D eigenvalue weighted by Crippen LogP contribution is -2.37. The van der Waals surface area contributed by atoms with E-state index in [0.717, 1.165) is 15.9 Å². The maximum atomic E-state index is 12.3. The topological polar surface area (TPSA) is 141 Å². The third kappa shape index (κ3) is 2.79. The third-order valence-electron chi connectivity index (χ3n) is 3.78. The van der Waals surface area contributed by atoms with E-state index in [4.69, 9.17) is 5.11 Å². The number of nitrogens with one attached hydrogen (secondary N) is 1. The molecule has 3 rings (SSSR count). The van der Waals surface area contributed by atoms with Crippen molar-refractivity contribution in [2.24, 2.45) is 14.1 Å². The number of hydrogen-bond acceptors (Lipinski definition) is 7. The molecule has 0 radical (unpaired) electrons. The Hall–Kier alpha value is -3.28. The summed E-state index contributed by atoms with van der Waals surface area (Å²) in [4.78, 5) is 55.8. The van der Waals surface area contributed by atoms with Crippen molar-refractivity contribution in [3.8, 4) is 0 Å². The predicted octanol–water partition coefficient (Wildman–Crippen LogP) is -0.464. The van der Waals surface area contributed by atoms with Gasteiger partial charge in [0.05, 0.1) is 6.33 Å². The Morgan fingerprint density at radius 2 is 1.96 bits per heavy atom. The van der Waals surface area contributed by atoms with Crippen LogP contribution in [-0.2, 0) is 25.4 Å². The van der Waals surface area contributed by atoms with Crippen molar-refractivity contribution in [3.05, 3.63) is 37.7 Å². The molecule has 0 atom stereocenters. The van der Waals surface area contributed by atoms with Gasteiger partial charge in [0.2, 0.25) is 5.91 Å². The number of fused-ring (bicyclic) bond motifs is 1. The number of nitrogens with zero attached hydrogens (tertiary/aromatic N) is 5. The monoisotopic (exact) mass is 378 g/mol. The summed E-state index contributed by atoms with van der Waals surface area (Å²) in [5, 5.41) is 11.6. The molecule has 1 amide bonds. The lowest BCUT2D eigenvalue weighted by atomic mass is 10.4. The highest BCUT2D eigenvalue weighted by Crippen LogP contribution is 2.22. The molecule has 0 saturated carbocycles. The Labute approximate surface area is 149 Å². The highest BCUT2D eigenvalue weighted by molar-refractivity contribution is 7.16. The van der Waals surface area contributed by atoms with Gasteiger partial charge in [-0.15, -0.1) is 11.3 Å². The summed E-state index contributed by atoms with van der Waals surface area (Å²) >= 11 is 1.04. The lowest BCUT2D eigenvalue weighted by Gasteiger charge is -2.06. The largest absolute Gasteiger partial charge is 0.476 e. The maximum Gasteiger partial charge on any atom is 0.355 e. The number of aromatic nitrogens is 5. The molecular formula is C14H14N6O5S. The fraction of sp³-hybridized carbons (Fsp3) is 0.286. The van der Waals surface area contributed by atoms with Crippen LogP contribution in [0.5, 0.6) is 0 Å². The summed E-state index contributed by atoms with van der Waals surface area (Å²) < 4.78 is 3.47. The van der Waals surface area contributed by atoms with E-state index < -0.39 is 23.1 Å². The van der Waals surface area contributed by atoms with E-state index >= 15 is 0 Å². The van der Waals surface area contributed by atoms with Gasteiger partial charge >= 0.3 is 11.7 Å². The van der Waals surface area contributed by atoms with E-state index in [9.17, 15) is 19.2 Å². The molecule has 12 heteroatoms. The van der Waals surface area contributed by atoms with Crippen LogP contribution in [0, 0.1) is 6.92 Å². The van der Waals surface area contributed by atoms with Gasteiger partial charge in [0.1, 0.15) is 6.54 Å². The maximum absolute atomic E-state index is 12.3. The highest BCUT2D eigenvalue weighted by atomic mass is 32.1. The van der Waals surface area contributed by atoms with Crippen molar-refractivity contribution in [3.63, 3.8) is 0 Å². The van der Waals surface area contributed by atoms with Gasteiger partial charge in [0.15, 0.2) is 22.0 Å². The second-order valence-electron chi connectivity index (χ2n) is 5.53. The number of imidazole rings is 1. The number of amides is 1. The van der Waals surface area contributed by atoms with Gasteiger partial charge in [0, 0.05) is 19.0 Å². The standard InChI is InChI=1S/C14H14N6O5S/c1-6-8(12(23)24)17-13(26-6)16-7(21)4-20-5-15-10-9(20)11(22)19(3)14(25)18(10)2/h5H,4H2,1-3H3,(H,23,24)(H,16,17,21). The van der Waals surface area contributed by atoms with Crippen LogP contribution >= 0.6 is 11.3 Å². The van der Waals surface area contributed by atoms with Crippen LogP contribution in [0.25, 0.3) is 11.2 Å². The predicted molar refractivity (Wildman–Crippen MR) is 92.7 cm³/mol. The highest BCUT2D eigenvalue weighted by Gasteiger charge is 2.18. The molecule has 0 aliphatic carbocycles. The number of carbonyl (C=O) groups is 2. The Balaban J connectivity index is 1.91. The van der Waals surface area contributed by atoms with E-state index in [1.54, 1.807) is 6.92 Å². The average molecular weight is 378 g/mol. The fourth-order valence-electron chi connectivity index (χ4n) is 2.48. The van der Waals surface area contributed by atoms with Gasteiger partial charge in [-0.05, 0) is 6.92 Å². The summed E-state index contributed by atoms with van der Waals surface area (Å²) in [5.74, 6) is -1.69. The van der Waals surface area contributed by atoms with Gasteiger partial charge in [-0.25, -0.2) is 19.6 Å². The van der Waals surface area contributed by atoms with E-state index in [1.165, 1.54) is 29.6 Å². The smallest absolute Gasteiger partial charge is 0.355 e. The van der Waals surface area contributed by atoms with E-state index in [2.05, 4.69) is 15.3 Å². The van der Waals surface area contributed by atoms with Crippen LogP contribution in [0.1, 0.15) is 15.4 Å². The Morgan fingerprint density at radius 1 is 1.27 bits per heavy atom. The van der Waals surface area contributed by atoms with Gasteiger partial charge in [-0.3, -0.25) is 18.7 Å². The number of carboxylic acids is 1. The van der Waals surface area contributed by atoms with Crippen molar-refractivity contribution in [2.75, 3.05) is 5.32 Å². The van der Waals surface area contributed by atoms with E-state index in [0.29, 0.717) is 4.88 Å². The van der Waals surface area contributed by atoms with Crippen LogP contribution in [0.4, 0.5) is 5.13 Å². The number of anilines is 1. The molecule has 3 heterocycles. The molecule has 0 unspecified atom stereocenters. The second kappa shape index (κ2) is 6.22. The molecule has 136 valence electrons. The van der Waals surface area contributed by atoms with Crippen LogP contribution in [0.15, 0.2) is 15.9 Å². The van der Waals surface area contributed by atoms with Crippen LogP contribution in [-0.4, -0.2) is 40.7 Å². The number of carboxylic acid groups (broad SMARTS) is 1. The molecule has 0 spiro atoms. The van der Waals surface area contributed by atoms with Crippen LogP contribution < -0.4 is 16.6 Å². The molecule has 2 N–H and O–H groups in total. The minimum atomic E-state index is -1.18. The Morgan fingerprint density at radius 3 is 2.58 bits per heavy atom. The fourth-order valence-corrected chi connectivity index (χ4v) is 3.30. The van der Waals surface area contributed by atoms with Crippen molar-refractivity contribution < 1.29 is 14.7 Å². The van der Waals surface area contributed by atoms with Gasteiger partial charge in [-0.2, -0.15) is 0 Å². The minimum Gasteiger partial charge on any atom is -0.476 e. The molecule has 0 aromatic carbocycles. The molecular weight excluding hydrogens is 364 g/mol. The van der Waals surface area contributed by atoms with Crippen LogP contribution in [0.3, 0.4) is 0 Å². The first-order valence-electron chi connectivity index (χ1n) is 7.32. The summed E-state index contributed by atoms with van der Waals surface area (Å²) in [6, 6.07) is 0. The minimum absolute atomic E-state index is 0.117. The number of carbonyl (C=O) groups excluding carboxylic acids is 1. The third-order valence-corrected chi connectivity index (χ3v) is 4.66. The van der Waals surface area contributed by atoms with Gasteiger partial charge < -0.3 is 15.0 Å². The van der Waals surface area contributed by atoms with Crippen molar-refractivity contribution in [1.29, 1.82) is 0 Å². The van der Waals surface area contributed by atoms with Gasteiger partial charge in [-0.1, -0.05) is 0 Å². The quantitative estimate of drug-likeness (QED) is 0.625. The average Bonchev–Trinajstić information content (AvgIpc) is 3.14. The second-order valence-corrected chi connectivity index (χ2v) is 6.73. The normalized spacial score (nSPS) is 11.0.